The zero-order chi connectivity index (χ0) is 8.72. The van der Waals surface area contributed by atoms with Crippen LogP contribution < -0.4 is 5.73 Å². The topological polar surface area (TPSA) is 39.2 Å². The zero-order valence-electron chi connectivity index (χ0n) is 7.58. The smallest absolute Gasteiger partial charge is 0.110 e. The summed E-state index contributed by atoms with van der Waals surface area (Å²) in [5.41, 5.74) is 7.07. The van der Waals surface area contributed by atoms with Gasteiger partial charge in [-0.3, -0.25) is 0 Å². The molecule has 3 unspecified atom stereocenters. The molecule has 66 valence electrons. The van der Waals surface area contributed by atoms with Crippen LogP contribution in [0, 0.1) is 12.8 Å². The number of rotatable bonds is 2. The van der Waals surface area contributed by atoms with Crippen molar-refractivity contribution in [1.29, 1.82) is 0 Å². The van der Waals surface area contributed by atoms with Gasteiger partial charge in [0, 0.05) is 12.0 Å². The van der Waals surface area contributed by atoms with E-state index >= 15 is 0 Å². The van der Waals surface area contributed by atoms with Gasteiger partial charge in [0.15, 0.2) is 0 Å². The molecule has 1 fully saturated rings. The molecule has 0 bridgehead atoms. The number of hydrogen-bond acceptors (Lipinski definition) is 2. The molecule has 0 amide bonds. The summed E-state index contributed by atoms with van der Waals surface area (Å²) in [5, 5.41) is 0. The first-order valence-corrected chi connectivity index (χ1v) is 4.49. The summed E-state index contributed by atoms with van der Waals surface area (Å²) in [7, 11) is 0. The maximum Gasteiger partial charge on any atom is 0.110 e. The molecule has 2 N–H and O–H groups in total. The average Bonchev–Trinajstić information content (AvgIpc) is 2.70. The molecule has 1 aliphatic carbocycles. The van der Waals surface area contributed by atoms with Gasteiger partial charge < -0.3 is 10.2 Å². The van der Waals surface area contributed by atoms with Crippen LogP contribution in [0.15, 0.2) is 16.7 Å². The van der Waals surface area contributed by atoms with Gasteiger partial charge in [-0.2, -0.15) is 0 Å². The van der Waals surface area contributed by atoms with Gasteiger partial charge in [0.2, 0.25) is 0 Å². The van der Waals surface area contributed by atoms with E-state index in [9.17, 15) is 0 Å². The monoisotopic (exact) mass is 165 g/mol. The molecular weight excluding hydrogens is 150 g/mol. The number of nitrogens with two attached hydrogens (primary N) is 1. The number of furan rings is 1. The fourth-order valence-electron chi connectivity index (χ4n) is 1.86. The summed E-state index contributed by atoms with van der Waals surface area (Å²) in [6.07, 6.45) is 2.97. The average molecular weight is 165 g/mol. The van der Waals surface area contributed by atoms with Crippen LogP contribution in [-0.2, 0) is 0 Å². The van der Waals surface area contributed by atoms with Crippen LogP contribution in [-0.4, -0.2) is 6.04 Å². The predicted molar refractivity (Wildman–Crippen MR) is 47.9 cm³/mol. The van der Waals surface area contributed by atoms with Gasteiger partial charge in [0.1, 0.15) is 5.76 Å². The third-order valence-electron chi connectivity index (χ3n) is 2.75. The highest BCUT2D eigenvalue weighted by molar-refractivity contribution is 5.25. The Morgan fingerprint density at radius 2 is 2.42 bits per heavy atom. The van der Waals surface area contributed by atoms with Crippen molar-refractivity contribution in [3.05, 3.63) is 23.7 Å². The molecule has 1 heterocycles. The highest BCUT2D eigenvalue weighted by atomic mass is 16.3. The Morgan fingerprint density at radius 3 is 2.83 bits per heavy atom. The third-order valence-corrected chi connectivity index (χ3v) is 2.75. The standard InChI is InChI=1S/C10H15NO/c1-6-3-4-12-10(6)9-5-8(9)7(2)11/h3-4,7-9H,5,11H2,1-2H3. The Hall–Kier alpha value is -0.760. The molecule has 0 aromatic carbocycles. The minimum absolute atomic E-state index is 0.305. The Bertz CT molecular complexity index is 277. The van der Waals surface area contributed by atoms with E-state index in [0.29, 0.717) is 17.9 Å². The number of hydrogen-bond donors (Lipinski definition) is 1. The van der Waals surface area contributed by atoms with Crippen LogP contribution in [0.25, 0.3) is 0 Å². The summed E-state index contributed by atoms with van der Waals surface area (Å²) in [6.45, 7) is 4.17. The first-order valence-electron chi connectivity index (χ1n) is 4.49. The van der Waals surface area contributed by atoms with Gasteiger partial charge in [0.25, 0.3) is 0 Å². The molecular formula is C10H15NO. The van der Waals surface area contributed by atoms with Crippen LogP contribution in [0.3, 0.4) is 0 Å². The predicted octanol–water partition coefficient (Wildman–Crippen LogP) is 2.04. The maximum atomic E-state index is 5.80. The van der Waals surface area contributed by atoms with E-state index in [0.717, 1.165) is 5.76 Å². The summed E-state index contributed by atoms with van der Waals surface area (Å²) in [5.74, 6) is 2.40. The van der Waals surface area contributed by atoms with E-state index in [-0.39, 0.29) is 0 Å². The van der Waals surface area contributed by atoms with Crippen molar-refractivity contribution < 1.29 is 4.42 Å². The van der Waals surface area contributed by atoms with Gasteiger partial charge >= 0.3 is 0 Å². The molecule has 0 aliphatic heterocycles. The van der Waals surface area contributed by atoms with Crippen molar-refractivity contribution in [3.8, 4) is 0 Å². The molecule has 1 aromatic heterocycles. The highest BCUT2D eigenvalue weighted by Crippen LogP contribution is 2.50. The molecule has 2 nitrogen and oxygen atoms in total. The quantitative estimate of drug-likeness (QED) is 0.728. The molecule has 2 rings (SSSR count). The Labute approximate surface area is 72.7 Å². The van der Waals surface area contributed by atoms with Gasteiger partial charge in [-0.1, -0.05) is 0 Å². The second-order valence-electron chi connectivity index (χ2n) is 3.83. The van der Waals surface area contributed by atoms with Crippen LogP contribution in [0.5, 0.6) is 0 Å². The summed E-state index contributed by atoms with van der Waals surface area (Å²) in [6, 6.07) is 2.32. The molecule has 3 atom stereocenters. The Kier molecular flexibility index (Phi) is 1.72. The molecule has 0 spiro atoms. The summed E-state index contributed by atoms with van der Waals surface area (Å²) >= 11 is 0. The minimum atomic E-state index is 0.305. The van der Waals surface area contributed by atoms with E-state index < -0.39 is 0 Å². The third kappa shape index (κ3) is 1.16. The van der Waals surface area contributed by atoms with Crippen LogP contribution in [0.1, 0.15) is 30.6 Å². The van der Waals surface area contributed by atoms with E-state index in [4.69, 9.17) is 10.2 Å². The minimum Gasteiger partial charge on any atom is -0.469 e. The van der Waals surface area contributed by atoms with E-state index in [1.807, 2.05) is 6.07 Å². The van der Waals surface area contributed by atoms with E-state index in [1.54, 1.807) is 6.26 Å². The summed E-state index contributed by atoms with van der Waals surface area (Å²) < 4.78 is 5.41. The van der Waals surface area contributed by atoms with Crippen molar-refractivity contribution in [2.75, 3.05) is 0 Å². The molecule has 1 aromatic rings. The number of aryl methyl sites for hydroxylation is 1. The zero-order valence-corrected chi connectivity index (χ0v) is 7.58. The molecule has 2 heteroatoms. The molecule has 1 aliphatic rings. The van der Waals surface area contributed by atoms with E-state index in [2.05, 4.69) is 13.8 Å². The van der Waals surface area contributed by atoms with Crippen molar-refractivity contribution in [2.24, 2.45) is 11.7 Å². The van der Waals surface area contributed by atoms with Gasteiger partial charge in [-0.25, -0.2) is 0 Å². The van der Waals surface area contributed by atoms with Crippen LogP contribution in [0.4, 0.5) is 0 Å². The van der Waals surface area contributed by atoms with Gasteiger partial charge in [-0.15, -0.1) is 0 Å². The Morgan fingerprint density at radius 1 is 1.67 bits per heavy atom. The van der Waals surface area contributed by atoms with E-state index in [1.165, 1.54) is 12.0 Å². The fourth-order valence-corrected chi connectivity index (χ4v) is 1.86. The first kappa shape index (κ1) is 7.87. The summed E-state index contributed by atoms with van der Waals surface area (Å²) in [4.78, 5) is 0. The lowest BCUT2D eigenvalue weighted by atomic mass is 10.1. The second kappa shape index (κ2) is 2.63. The molecule has 0 saturated heterocycles. The second-order valence-corrected chi connectivity index (χ2v) is 3.83. The molecule has 1 saturated carbocycles. The van der Waals surface area contributed by atoms with Gasteiger partial charge in [-0.05, 0) is 37.8 Å². The van der Waals surface area contributed by atoms with Gasteiger partial charge in [0.05, 0.1) is 6.26 Å². The van der Waals surface area contributed by atoms with Crippen molar-refractivity contribution in [3.63, 3.8) is 0 Å². The Balaban J connectivity index is 2.10. The lowest BCUT2D eigenvalue weighted by Crippen LogP contribution is -2.17. The van der Waals surface area contributed by atoms with Crippen molar-refractivity contribution in [2.45, 2.75) is 32.2 Å². The largest absolute Gasteiger partial charge is 0.469 e. The molecule has 0 radical (unpaired) electrons. The lowest BCUT2D eigenvalue weighted by Gasteiger charge is -2.01. The van der Waals surface area contributed by atoms with Crippen molar-refractivity contribution >= 4 is 0 Å². The van der Waals surface area contributed by atoms with Crippen LogP contribution >= 0.6 is 0 Å². The highest BCUT2D eigenvalue weighted by Gasteiger charge is 2.43. The SMILES string of the molecule is Cc1ccoc1C1CC1C(C)N. The van der Waals surface area contributed by atoms with Crippen molar-refractivity contribution in [1.82, 2.24) is 0 Å². The lowest BCUT2D eigenvalue weighted by molar-refractivity contribution is 0.491. The normalized spacial score (nSPS) is 30.2. The van der Waals surface area contributed by atoms with Crippen LogP contribution in [0.2, 0.25) is 0 Å². The fraction of sp³-hybridized carbons (Fsp3) is 0.600. The first-order chi connectivity index (χ1) is 5.70. The molecule has 12 heavy (non-hydrogen) atoms. The maximum absolute atomic E-state index is 5.80.